The van der Waals surface area contributed by atoms with Gasteiger partial charge in [0.2, 0.25) is 0 Å². The molecule has 2 aromatic carbocycles. The molecule has 2 aliphatic rings. The van der Waals surface area contributed by atoms with Crippen LogP contribution in [0.15, 0.2) is 71.9 Å². The number of esters is 1. The van der Waals surface area contributed by atoms with Crippen LogP contribution in [0.1, 0.15) is 12.5 Å². The van der Waals surface area contributed by atoms with Crippen LogP contribution >= 0.6 is 11.8 Å². The molecule has 2 amide bonds. The van der Waals surface area contributed by atoms with Gasteiger partial charge in [-0.2, -0.15) is 0 Å². The van der Waals surface area contributed by atoms with E-state index < -0.39 is 28.7 Å². The molecule has 9 heteroatoms. The van der Waals surface area contributed by atoms with Crippen LogP contribution in [-0.2, 0) is 30.5 Å². The molecule has 0 unspecified atom stereocenters. The van der Waals surface area contributed by atoms with E-state index in [4.69, 9.17) is 14.2 Å². The van der Waals surface area contributed by atoms with Crippen molar-refractivity contribution in [2.24, 2.45) is 0 Å². The summed E-state index contributed by atoms with van der Waals surface area (Å²) >= 11 is 1.35. The normalized spacial score (nSPS) is 21.7. The number of nitrogens with one attached hydrogen (secondary N) is 1. The number of carbonyl (C=O) groups excluding carboxylic acids is 3. The maximum atomic E-state index is 12.9. The van der Waals surface area contributed by atoms with Crippen LogP contribution in [0.4, 0.5) is 0 Å². The van der Waals surface area contributed by atoms with E-state index in [0.717, 1.165) is 5.56 Å². The van der Waals surface area contributed by atoms with E-state index in [-0.39, 0.29) is 24.8 Å². The van der Waals surface area contributed by atoms with Crippen molar-refractivity contribution >= 4 is 29.5 Å². The number of carbonyl (C=O) groups is 3. The van der Waals surface area contributed by atoms with Crippen molar-refractivity contribution in [2.75, 3.05) is 13.7 Å². The minimum Gasteiger partial charge on any atom is -0.484 e. The van der Waals surface area contributed by atoms with Crippen LogP contribution in [0.25, 0.3) is 0 Å². The topological polar surface area (TPSA) is 94.2 Å². The van der Waals surface area contributed by atoms with Gasteiger partial charge in [-0.3, -0.25) is 14.5 Å². The lowest BCUT2D eigenvalue weighted by Crippen LogP contribution is -2.71. The third-order valence-corrected chi connectivity index (χ3v) is 6.88. The molecular weight excluding hydrogens is 444 g/mol. The van der Waals surface area contributed by atoms with Crippen LogP contribution in [0.3, 0.4) is 0 Å². The lowest BCUT2D eigenvalue weighted by Gasteiger charge is -2.50. The zero-order valence-electron chi connectivity index (χ0n) is 18.2. The Balaban J connectivity index is 1.42. The summed E-state index contributed by atoms with van der Waals surface area (Å²) in [6.45, 7) is 1.61. The van der Waals surface area contributed by atoms with E-state index in [1.807, 2.05) is 36.4 Å². The average molecular weight is 469 g/mol. The molecule has 1 N–H and O–H groups in total. The van der Waals surface area contributed by atoms with E-state index in [1.54, 1.807) is 31.2 Å². The van der Waals surface area contributed by atoms with Gasteiger partial charge in [-0.1, -0.05) is 60.3 Å². The number of methoxy groups -OCH3 is 1. The van der Waals surface area contributed by atoms with Gasteiger partial charge >= 0.3 is 5.97 Å². The molecule has 33 heavy (non-hydrogen) atoms. The molecule has 0 aliphatic carbocycles. The summed E-state index contributed by atoms with van der Waals surface area (Å²) in [6, 6.07) is 17.4. The summed E-state index contributed by atoms with van der Waals surface area (Å²) < 4.78 is 16.4. The molecule has 2 aliphatic heterocycles. The first-order chi connectivity index (χ1) is 16.0. The molecule has 0 bridgehead atoms. The van der Waals surface area contributed by atoms with E-state index in [2.05, 4.69) is 5.32 Å². The second-order valence-electron chi connectivity index (χ2n) is 7.54. The largest absolute Gasteiger partial charge is 0.484 e. The van der Waals surface area contributed by atoms with Gasteiger partial charge in [0.05, 0.1) is 0 Å². The van der Waals surface area contributed by atoms with Crippen molar-refractivity contribution in [3.8, 4) is 5.75 Å². The summed E-state index contributed by atoms with van der Waals surface area (Å²) in [6.07, 6.45) is 0. The molecular formula is C24H24N2O6S. The van der Waals surface area contributed by atoms with Crippen molar-refractivity contribution in [1.29, 1.82) is 0 Å². The first kappa shape index (κ1) is 22.9. The van der Waals surface area contributed by atoms with Crippen LogP contribution in [0.2, 0.25) is 0 Å². The Morgan fingerprint density at radius 2 is 1.73 bits per heavy atom. The Morgan fingerprint density at radius 1 is 1.06 bits per heavy atom. The second kappa shape index (κ2) is 10.1. The summed E-state index contributed by atoms with van der Waals surface area (Å²) in [5.74, 6) is -0.844. The minimum absolute atomic E-state index is 0.0882. The summed E-state index contributed by atoms with van der Waals surface area (Å²) in [5, 5.41) is 2.23. The van der Waals surface area contributed by atoms with E-state index in [0.29, 0.717) is 11.3 Å². The smallest absolute Gasteiger partial charge is 0.355 e. The van der Waals surface area contributed by atoms with Gasteiger partial charge in [0.1, 0.15) is 34.9 Å². The zero-order valence-corrected chi connectivity index (χ0v) is 19.0. The maximum absolute atomic E-state index is 12.9. The second-order valence-corrected chi connectivity index (χ2v) is 8.73. The molecule has 3 atom stereocenters. The van der Waals surface area contributed by atoms with Gasteiger partial charge in [0, 0.05) is 7.11 Å². The number of para-hydroxylation sites is 1. The number of ether oxygens (including phenoxy) is 3. The SMILES string of the molecule is CO[C@H]1S[C@@H]2[C@@H](NC(=O)COc3ccccc3)C(=O)N2C(C(=O)OCc2ccccc2)=C1C. The van der Waals surface area contributed by atoms with Crippen molar-refractivity contribution in [1.82, 2.24) is 10.2 Å². The van der Waals surface area contributed by atoms with Crippen molar-refractivity contribution in [3.05, 3.63) is 77.5 Å². The Labute approximate surface area is 195 Å². The number of benzene rings is 2. The summed E-state index contributed by atoms with van der Waals surface area (Å²) in [4.78, 5) is 39.6. The molecule has 0 spiro atoms. The zero-order chi connectivity index (χ0) is 23.4. The molecule has 172 valence electrons. The first-order valence-electron chi connectivity index (χ1n) is 10.4. The molecule has 8 nitrogen and oxygen atoms in total. The number of hydrogen-bond acceptors (Lipinski definition) is 7. The van der Waals surface area contributed by atoms with E-state index >= 15 is 0 Å². The van der Waals surface area contributed by atoms with Gasteiger partial charge in [-0.15, -0.1) is 0 Å². The van der Waals surface area contributed by atoms with E-state index in [1.165, 1.54) is 23.8 Å². The fraction of sp³-hybridized carbons (Fsp3) is 0.292. The van der Waals surface area contributed by atoms with Crippen LogP contribution in [0.5, 0.6) is 5.75 Å². The molecule has 1 saturated heterocycles. The number of hydrogen-bond donors (Lipinski definition) is 1. The Kier molecular flexibility index (Phi) is 7.00. The lowest BCUT2D eigenvalue weighted by atomic mass is 10.0. The molecule has 2 aromatic rings. The summed E-state index contributed by atoms with van der Waals surface area (Å²) in [7, 11) is 1.53. The first-order valence-corrected chi connectivity index (χ1v) is 11.3. The highest BCUT2D eigenvalue weighted by atomic mass is 32.2. The van der Waals surface area contributed by atoms with Crippen molar-refractivity contribution in [2.45, 2.75) is 30.4 Å². The Bertz CT molecular complexity index is 1060. The van der Waals surface area contributed by atoms with Gasteiger partial charge in [0.15, 0.2) is 6.61 Å². The van der Waals surface area contributed by atoms with Crippen molar-refractivity contribution in [3.63, 3.8) is 0 Å². The molecule has 1 fully saturated rings. The van der Waals surface area contributed by atoms with E-state index in [9.17, 15) is 14.4 Å². The number of β-lactam (4-membered cyclic amide) rings is 1. The number of nitrogens with zero attached hydrogens (tertiary/aromatic N) is 1. The average Bonchev–Trinajstić information content (AvgIpc) is 2.85. The molecule has 2 heterocycles. The highest BCUT2D eigenvalue weighted by molar-refractivity contribution is 8.00. The number of rotatable bonds is 8. The van der Waals surface area contributed by atoms with Gasteiger partial charge in [-0.05, 0) is 30.2 Å². The molecule has 4 rings (SSSR count). The van der Waals surface area contributed by atoms with Crippen LogP contribution in [-0.4, -0.2) is 53.3 Å². The van der Waals surface area contributed by atoms with Gasteiger partial charge in [-0.25, -0.2) is 4.79 Å². The fourth-order valence-electron chi connectivity index (χ4n) is 3.67. The Morgan fingerprint density at radius 3 is 2.39 bits per heavy atom. The third-order valence-electron chi connectivity index (χ3n) is 5.32. The minimum atomic E-state index is -0.787. The van der Waals surface area contributed by atoms with Crippen molar-refractivity contribution < 1.29 is 28.6 Å². The standard InChI is InChI=1S/C24H24N2O6S/c1-15-20(23(29)32-13-16-9-5-3-6-10-16)26-21(28)19(22(26)33-24(15)30-2)25-18(27)14-31-17-11-7-4-8-12-17/h3-12,19,22,24H,13-14H2,1-2H3,(H,25,27)/t19-,22+,24-/m0/s1. The highest BCUT2D eigenvalue weighted by Gasteiger charge is 2.56. The lowest BCUT2D eigenvalue weighted by molar-refractivity contribution is -0.154. The third kappa shape index (κ3) is 4.89. The molecule has 0 radical (unpaired) electrons. The quantitative estimate of drug-likeness (QED) is 0.470. The summed E-state index contributed by atoms with van der Waals surface area (Å²) in [5.41, 5.74) is 1.16. The number of fused-ring (bicyclic) bond motifs is 1. The number of thioether (sulfide) groups is 1. The van der Waals surface area contributed by atoms with Crippen LogP contribution < -0.4 is 10.1 Å². The van der Waals surface area contributed by atoms with Gasteiger partial charge < -0.3 is 19.5 Å². The Hall–Kier alpha value is -3.30. The number of amides is 2. The molecule has 0 aromatic heterocycles. The predicted octanol–water partition coefficient (Wildman–Crippen LogP) is 2.46. The fourth-order valence-corrected chi connectivity index (χ4v) is 5.02. The molecule has 0 saturated carbocycles. The monoisotopic (exact) mass is 468 g/mol. The maximum Gasteiger partial charge on any atom is 0.355 e. The highest BCUT2D eigenvalue weighted by Crippen LogP contribution is 2.44. The predicted molar refractivity (Wildman–Crippen MR) is 122 cm³/mol. The van der Waals surface area contributed by atoms with Crippen LogP contribution in [0, 0.1) is 0 Å². The van der Waals surface area contributed by atoms with Gasteiger partial charge in [0.25, 0.3) is 11.8 Å².